The van der Waals surface area contributed by atoms with E-state index in [4.69, 9.17) is 12.7 Å². The third-order valence-corrected chi connectivity index (χ3v) is 0. The van der Waals surface area contributed by atoms with Crippen LogP contribution >= 0.6 is 0 Å². The van der Waals surface area contributed by atoms with Crippen LogP contribution in [0, 0.1) is 0 Å². The molecule has 0 spiro atoms. The molecule has 0 aliphatic heterocycles. The van der Waals surface area contributed by atoms with Crippen molar-refractivity contribution >= 4 is 17.9 Å². The summed E-state index contributed by atoms with van der Waals surface area (Å²) in [5.74, 6) is 0. The van der Waals surface area contributed by atoms with Gasteiger partial charge in [-0.2, -0.15) is 0 Å². The second-order valence-electron chi connectivity index (χ2n) is 0.250. The van der Waals surface area contributed by atoms with E-state index in [-0.39, 0.29) is 0 Å². The normalized spacial score (nSPS) is 5.00. The van der Waals surface area contributed by atoms with Crippen molar-refractivity contribution in [1.82, 2.24) is 0 Å². The summed E-state index contributed by atoms with van der Waals surface area (Å²) in [5.41, 5.74) is 0. The molecule has 32 valence electrons. The van der Waals surface area contributed by atoms with Gasteiger partial charge in [-0.05, 0) is 0 Å². The summed E-state index contributed by atoms with van der Waals surface area (Å²) < 4.78 is 8.34. The first-order chi connectivity index (χ1) is 2.73. The maximum atomic E-state index is 8.70. The maximum absolute atomic E-state index is 8.70. The number of carbonyl (C=O) groups excluding carboxylic acids is 1. The molecule has 3 nitrogen and oxygen atoms in total. The Morgan fingerprint density at radius 3 is 1.67 bits per heavy atom. The van der Waals surface area contributed by atoms with Crippen LogP contribution in [0.15, 0.2) is 0 Å². The van der Waals surface area contributed by atoms with Crippen LogP contribution in [0.2, 0.25) is 0 Å². The SMILES string of the molecule is O=C([O-])[S-].[O]=[Zr+2]. The molecule has 5 heteroatoms. The van der Waals surface area contributed by atoms with Gasteiger partial charge in [-0.15, -0.1) is 0 Å². The van der Waals surface area contributed by atoms with Crippen LogP contribution in [-0.2, 0) is 40.2 Å². The molecule has 0 heterocycles. The molecule has 0 unspecified atom stereocenters. The van der Waals surface area contributed by atoms with Gasteiger partial charge in [-0.1, -0.05) is 5.30 Å². The number of hydrogen-bond donors (Lipinski definition) is 0. The molecule has 0 radical (unpaired) electrons. The Labute approximate surface area is 55.4 Å². The zero-order valence-electron chi connectivity index (χ0n) is 2.63. The molecule has 6 heavy (non-hydrogen) atoms. The van der Waals surface area contributed by atoms with Gasteiger partial charge < -0.3 is 22.5 Å². The Hall–Kier alpha value is 0.373. The minimum atomic E-state index is -1.50. The van der Waals surface area contributed by atoms with E-state index in [1.54, 1.807) is 0 Å². The summed E-state index contributed by atoms with van der Waals surface area (Å²) in [6.45, 7) is 0. The fourth-order valence-electron chi connectivity index (χ4n) is 0. The van der Waals surface area contributed by atoms with Crippen molar-refractivity contribution in [3.63, 3.8) is 0 Å². The molecule has 0 saturated carbocycles. The van der Waals surface area contributed by atoms with Crippen molar-refractivity contribution in [3.8, 4) is 0 Å². The van der Waals surface area contributed by atoms with Crippen LogP contribution < -0.4 is 5.11 Å². The van der Waals surface area contributed by atoms with Gasteiger partial charge in [0.25, 0.3) is 0 Å². The van der Waals surface area contributed by atoms with Gasteiger partial charge in [-0.3, -0.25) is 0 Å². The standard InChI is InChI=1S/CH2O2S.O.Zr/c2-1(3)4;;/h4H,(H,2,3);;/q;;+2/p-2. The first-order valence-corrected chi connectivity index (χ1v) is 2.23. The average Bonchev–Trinajstić information content (AvgIpc) is 1.41. The molecule has 0 rings (SSSR count). The Morgan fingerprint density at radius 1 is 1.67 bits per heavy atom. The van der Waals surface area contributed by atoms with Crippen LogP contribution in [-0.4, -0.2) is 5.30 Å². The molecular formula is CO3SZr. The summed E-state index contributed by atoms with van der Waals surface area (Å²) in [5, 5.41) is 7.20. The number of hydrogen-bond acceptors (Lipinski definition) is 4. The molecule has 0 aromatic rings. The van der Waals surface area contributed by atoms with Crippen LogP contribution in [0.25, 0.3) is 0 Å². The van der Waals surface area contributed by atoms with E-state index in [1.165, 1.54) is 0 Å². The van der Waals surface area contributed by atoms with E-state index >= 15 is 0 Å². The molecule has 0 amide bonds. The topological polar surface area (TPSA) is 57.2 Å². The van der Waals surface area contributed by atoms with E-state index in [0.717, 1.165) is 0 Å². The number of rotatable bonds is 0. The van der Waals surface area contributed by atoms with E-state index in [1.807, 2.05) is 0 Å². The van der Waals surface area contributed by atoms with Gasteiger partial charge in [0.2, 0.25) is 0 Å². The molecule has 0 atom stereocenters. The van der Waals surface area contributed by atoms with Crippen molar-refractivity contribution in [2.75, 3.05) is 0 Å². The predicted octanol–water partition coefficient (Wildman–Crippen LogP) is -1.24. The van der Waals surface area contributed by atoms with Crippen LogP contribution in [0.4, 0.5) is 4.79 Å². The molecule has 0 aliphatic rings. The summed E-state index contributed by atoms with van der Waals surface area (Å²) in [6, 6.07) is 0. The van der Waals surface area contributed by atoms with Crippen molar-refractivity contribution in [1.29, 1.82) is 0 Å². The Bertz CT molecular complexity index is 42.1. The van der Waals surface area contributed by atoms with Gasteiger partial charge in [-0.25, -0.2) is 0 Å². The fraction of sp³-hybridized carbons (Fsp3) is 0. The van der Waals surface area contributed by atoms with Crippen LogP contribution in [0.1, 0.15) is 0 Å². The van der Waals surface area contributed by atoms with E-state index in [0.29, 0.717) is 24.7 Å². The van der Waals surface area contributed by atoms with Gasteiger partial charge >= 0.3 is 27.5 Å². The predicted molar refractivity (Wildman–Crippen MR) is 13.4 cm³/mol. The Morgan fingerprint density at radius 2 is 1.67 bits per heavy atom. The quantitative estimate of drug-likeness (QED) is 0.441. The van der Waals surface area contributed by atoms with E-state index in [2.05, 4.69) is 12.6 Å². The second kappa shape index (κ2) is 9.03. The average molecular weight is 183 g/mol. The van der Waals surface area contributed by atoms with E-state index in [9.17, 15) is 0 Å². The van der Waals surface area contributed by atoms with Crippen LogP contribution in [0.5, 0.6) is 0 Å². The zero-order chi connectivity index (χ0) is 5.58. The molecule has 0 saturated heterocycles. The molecule has 0 aromatic carbocycles. The van der Waals surface area contributed by atoms with Crippen molar-refractivity contribution in [3.05, 3.63) is 0 Å². The molecule has 0 aliphatic carbocycles. The third-order valence-electron chi connectivity index (χ3n) is 0. The van der Waals surface area contributed by atoms with Crippen molar-refractivity contribution < 1.29 is 37.4 Å². The molecular weight excluding hydrogens is 183 g/mol. The molecule has 0 bridgehead atoms. The monoisotopic (exact) mass is 182 g/mol. The fourth-order valence-corrected chi connectivity index (χ4v) is 0. The second-order valence-corrected chi connectivity index (χ2v) is 0.583. The summed E-state index contributed by atoms with van der Waals surface area (Å²) in [6.07, 6.45) is 0. The Kier molecular flexibility index (Phi) is 14.5. The van der Waals surface area contributed by atoms with Gasteiger partial charge in [0.05, 0.1) is 0 Å². The van der Waals surface area contributed by atoms with E-state index < -0.39 is 5.30 Å². The van der Waals surface area contributed by atoms with Gasteiger partial charge in [0, 0.05) is 0 Å². The van der Waals surface area contributed by atoms with Crippen molar-refractivity contribution in [2.24, 2.45) is 0 Å². The van der Waals surface area contributed by atoms with Crippen molar-refractivity contribution in [2.45, 2.75) is 0 Å². The number of carbonyl (C=O) groups is 1. The third kappa shape index (κ3) is 357. The Balaban J connectivity index is 0. The first kappa shape index (κ1) is 9.62. The minimum absolute atomic E-state index is 0.300. The first-order valence-electron chi connectivity index (χ1n) is 0.816. The zero-order valence-corrected chi connectivity index (χ0v) is 5.91. The molecule has 0 aromatic heterocycles. The molecule has 0 N–H and O–H groups in total. The molecule has 0 fully saturated rings. The van der Waals surface area contributed by atoms with Gasteiger partial charge in [0.1, 0.15) is 0 Å². The summed E-state index contributed by atoms with van der Waals surface area (Å²) >= 11 is 3.73. The summed E-state index contributed by atoms with van der Waals surface area (Å²) in [4.78, 5) is 8.70. The van der Waals surface area contributed by atoms with Gasteiger partial charge in [0.15, 0.2) is 0 Å². The summed E-state index contributed by atoms with van der Waals surface area (Å²) in [7, 11) is 0. The number of carboxylic acid groups (broad SMARTS) is 1. The van der Waals surface area contributed by atoms with Crippen LogP contribution in [0.3, 0.4) is 0 Å².